The summed E-state index contributed by atoms with van der Waals surface area (Å²) < 4.78 is 6.90. The van der Waals surface area contributed by atoms with E-state index in [1.165, 1.54) is 16.8 Å². The Kier molecular flexibility index (Phi) is 3.45. The summed E-state index contributed by atoms with van der Waals surface area (Å²) in [6, 6.07) is 6.64. The number of carbonyl (C=O) groups excluding carboxylic acids is 1. The summed E-state index contributed by atoms with van der Waals surface area (Å²) in [7, 11) is 0. The zero-order chi connectivity index (χ0) is 19.4. The molecule has 3 heterocycles. The van der Waals surface area contributed by atoms with Crippen LogP contribution >= 0.6 is 0 Å². The van der Waals surface area contributed by atoms with Gasteiger partial charge in [0.05, 0.1) is 10.9 Å². The van der Waals surface area contributed by atoms with Crippen molar-refractivity contribution in [3.05, 3.63) is 62.8 Å². The number of pyridine rings is 1. The number of rotatable bonds is 3. The molecule has 1 aliphatic carbocycles. The first-order chi connectivity index (χ1) is 13.5. The maximum Gasteiger partial charge on any atom is 0.330 e. The molecule has 28 heavy (non-hydrogen) atoms. The van der Waals surface area contributed by atoms with Crippen LogP contribution in [0.5, 0.6) is 0 Å². The molecule has 0 unspecified atom stereocenters. The Hall–Kier alpha value is -3.75. The van der Waals surface area contributed by atoms with E-state index < -0.39 is 17.2 Å². The van der Waals surface area contributed by atoms with Crippen LogP contribution in [0.4, 0.5) is 5.69 Å². The molecular formula is C19H15N5O4. The van der Waals surface area contributed by atoms with Gasteiger partial charge in [-0.2, -0.15) is 0 Å². The number of aryl methyl sites for hydroxylation is 1. The van der Waals surface area contributed by atoms with Gasteiger partial charge in [-0.3, -0.25) is 19.1 Å². The van der Waals surface area contributed by atoms with Crippen molar-refractivity contribution in [1.29, 1.82) is 0 Å². The molecule has 0 saturated heterocycles. The first-order valence-corrected chi connectivity index (χ1v) is 8.83. The van der Waals surface area contributed by atoms with Crippen LogP contribution in [0, 0.1) is 6.92 Å². The molecule has 5 rings (SSSR count). The second kappa shape index (κ2) is 5.88. The van der Waals surface area contributed by atoms with Crippen LogP contribution in [0.2, 0.25) is 0 Å². The van der Waals surface area contributed by atoms with Gasteiger partial charge in [-0.25, -0.2) is 14.8 Å². The number of carbonyl (C=O) groups is 1. The highest BCUT2D eigenvalue weighted by atomic mass is 16.3. The second-order valence-electron chi connectivity index (χ2n) is 6.83. The van der Waals surface area contributed by atoms with E-state index in [1.807, 2.05) is 0 Å². The molecule has 1 aromatic carbocycles. The fraction of sp³-hybridized carbons (Fsp3) is 0.211. The fourth-order valence-corrected chi connectivity index (χ4v) is 3.26. The summed E-state index contributed by atoms with van der Waals surface area (Å²) in [5, 5.41) is 2.97. The van der Waals surface area contributed by atoms with Crippen LogP contribution in [-0.4, -0.2) is 25.4 Å². The first-order valence-electron chi connectivity index (χ1n) is 8.83. The van der Waals surface area contributed by atoms with Crippen molar-refractivity contribution in [3.63, 3.8) is 0 Å². The second-order valence-corrected chi connectivity index (χ2v) is 6.83. The molecule has 0 atom stereocenters. The molecule has 1 fully saturated rings. The molecule has 0 aliphatic heterocycles. The third-order valence-corrected chi connectivity index (χ3v) is 4.71. The lowest BCUT2D eigenvalue weighted by Crippen LogP contribution is -2.30. The van der Waals surface area contributed by atoms with Crippen molar-refractivity contribution >= 4 is 33.7 Å². The van der Waals surface area contributed by atoms with Gasteiger partial charge < -0.3 is 9.73 Å². The lowest BCUT2D eigenvalue weighted by atomic mass is 10.2. The lowest BCUT2D eigenvalue weighted by Gasteiger charge is -2.09. The van der Waals surface area contributed by atoms with Crippen LogP contribution in [0.3, 0.4) is 0 Å². The molecular weight excluding hydrogens is 362 g/mol. The van der Waals surface area contributed by atoms with Crippen molar-refractivity contribution in [1.82, 2.24) is 19.5 Å². The molecule has 0 radical (unpaired) electrons. The highest BCUT2D eigenvalue weighted by Crippen LogP contribution is 2.34. The summed E-state index contributed by atoms with van der Waals surface area (Å²) in [6.07, 6.45) is 3.11. The van der Waals surface area contributed by atoms with Gasteiger partial charge in [0.25, 0.3) is 11.5 Å². The number of hydrogen-bond acceptors (Lipinski definition) is 6. The average Bonchev–Trinajstić information content (AvgIpc) is 3.42. The number of fused-ring (bicyclic) bond motifs is 2. The number of H-pyrrole nitrogens is 1. The van der Waals surface area contributed by atoms with Crippen molar-refractivity contribution < 1.29 is 9.21 Å². The molecule has 0 bridgehead atoms. The van der Waals surface area contributed by atoms with E-state index in [-0.39, 0.29) is 17.0 Å². The van der Waals surface area contributed by atoms with Crippen molar-refractivity contribution in [2.75, 3.05) is 5.32 Å². The Bertz CT molecular complexity index is 1380. The van der Waals surface area contributed by atoms with Gasteiger partial charge in [-0.15, -0.1) is 0 Å². The van der Waals surface area contributed by atoms with Gasteiger partial charge in [-0.05, 0) is 37.1 Å². The van der Waals surface area contributed by atoms with E-state index in [0.717, 1.165) is 12.8 Å². The predicted molar refractivity (Wildman–Crippen MR) is 102 cm³/mol. The number of oxazole rings is 1. The van der Waals surface area contributed by atoms with E-state index in [2.05, 4.69) is 20.3 Å². The zero-order valence-corrected chi connectivity index (χ0v) is 14.9. The molecule has 1 amide bonds. The Balaban J connectivity index is 1.52. The van der Waals surface area contributed by atoms with Gasteiger partial charge in [0.15, 0.2) is 11.5 Å². The minimum atomic E-state index is -0.557. The SMILES string of the molecule is Cc1nc2cc(NC(=O)c3cnc4c(c3)c(=O)[nH]c(=O)n4C3CC3)ccc2o1. The Labute approximate surface area is 157 Å². The predicted octanol–water partition coefficient (Wildman–Crippen LogP) is 2.12. The van der Waals surface area contributed by atoms with E-state index in [1.54, 1.807) is 25.1 Å². The molecule has 1 aliphatic rings. The van der Waals surface area contributed by atoms with Crippen LogP contribution in [-0.2, 0) is 0 Å². The van der Waals surface area contributed by atoms with Gasteiger partial charge in [0.1, 0.15) is 11.2 Å². The van der Waals surface area contributed by atoms with Gasteiger partial charge >= 0.3 is 5.69 Å². The first kappa shape index (κ1) is 16.4. The summed E-state index contributed by atoms with van der Waals surface area (Å²) in [4.78, 5) is 47.7. The topological polar surface area (TPSA) is 123 Å². The van der Waals surface area contributed by atoms with Crippen molar-refractivity contribution in [3.8, 4) is 0 Å². The molecule has 140 valence electrons. The number of hydrogen-bond donors (Lipinski definition) is 2. The van der Waals surface area contributed by atoms with Crippen LogP contribution < -0.4 is 16.6 Å². The number of aromatic amines is 1. The van der Waals surface area contributed by atoms with Crippen molar-refractivity contribution in [2.45, 2.75) is 25.8 Å². The normalized spacial score (nSPS) is 13.9. The van der Waals surface area contributed by atoms with Crippen LogP contribution in [0.15, 0.2) is 44.5 Å². The van der Waals surface area contributed by atoms with Crippen LogP contribution in [0.1, 0.15) is 35.1 Å². The maximum atomic E-state index is 12.6. The summed E-state index contributed by atoms with van der Waals surface area (Å²) in [6.45, 7) is 1.75. The molecule has 4 aromatic rings. The molecule has 1 saturated carbocycles. The molecule has 3 aromatic heterocycles. The molecule has 9 nitrogen and oxygen atoms in total. The quantitative estimate of drug-likeness (QED) is 0.564. The Morgan fingerprint density at radius 3 is 2.89 bits per heavy atom. The van der Waals surface area contributed by atoms with E-state index in [4.69, 9.17) is 4.42 Å². The highest BCUT2D eigenvalue weighted by Gasteiger charge is 2.27. The van der Waals surface area contributed by atoms with Crippen LogP contribution in [0.25, 0.3) is 22.1 Å². The van der Waals surface area contributed by atoms with Gasteiger partial charge in [0, 0.05) is 24.8 Å². The van der Waals surface area contributed by atoms with E-state index in [0.29, 0.717) is 28.3 Å². The summed E-state index contributed by atoms with van der Waals surface area (Å²) in [5.41, 5.74) is 1.30. The smallest absolute Gasteiger partial charge is 0.330 e. The Morgan fingerprint density at radius 2 is 2.11 bits per heavy atom. The number of aromatic nitrogens is 4. The third kappa shape index (κ3) is 2.68. The minimum Gasteiger partial charge on any atom is -0.441 e. The number of benzene rings is 1. The third-order valence-electron chi connectivity index (χ3n) is 4.71. The number of amides is 1. The highest BCUT2D eigenvalue weighted by molar-refractivity contribution is 6.06. The van der Waals surface area contributed by atoms with E-state index >= 15 is 0 Å². The largest absolute Gasteiger partial charge is 0.441 e. The number of anilines is 1. The molecule has 0 spiro atoms. The average molecular weight is 377 g/mol. The zero-order valence-electron chi connectivity index (χ0n) is 14.9. The van der Waals surface area contributed by atoms with Gasteiger partial charge in [0.2, 0.25) is 0 Å². The maximum absolute atomic E-state index is 12.6. The molecule has 9 heteroatoms. The van der Waals surface area contributed by atoms with E-state index in [9.17, 15) is 14.4 Å². The minimum absolute atomic E-state index is 0.0525. The summed E-state index contributed by atoms with van der Waals surface area (Å²) >= 11 is 0. The standard InChI is InChI=1S/C19H15N5O4/c1-9-21-14-7-11(2-5-15(14)28-9)22-17(25)10-6-13-16(20-8-10)24(12-3-4-12)19(27)23-18(13)26/h2,5-8,12H,3-4H2,1H3,(H,22,25)(H,23,26,27). The van der Waals surface area contributed by atoms with Gasteiger partial charge in [-0.1, -0.05) is 0 Å². The number of nitrogens with one attached hydrogen (secondary N) is 2. The lowest BCUT2D eigenvalue weighted by molar-refractivity contribution is 0.102. The van der Waals surface area contributed by atoms with Crippen molar-refractivity contribution in [2.24, 2.45) is 0 Å². The summed E-state index contributed by atoms with van der Waals surface area (Å²) in [5.74, 6) is 0.121. The fourth-order valence-electron chi connectivity index (χ4n) is 3.26. The molecule has 2 N–H and O–H groups in total. The Morgan fingerprint density at radius 1 is 1.29 bits per heavy atom. The monoisotopic (exact) mass is 377 g/mol. The number of nitrogens with zero attached hydrogens (tertiary/aromatic N) is 3.